The van der Waals surface area contributed by atoms with Gasteiger partial charge in [0.15, 0.2) is 6.20 Å². The summed E-state index contributed by atoms with van der Waals surface area (Å²) in [7, 11) is 0. The molecular formula is C15H16BrNO2. The van der Waals surface area contributed by atoms with Crippen LogP contribution in [0.15, 0.2) is 28.9 Å². The van der Waals surface area contributed by atoms with E-state index in [0.717, 1.165) is 57.3 Å². The summed E-state index contributed by atoms with van der Waals surface area (Å²) < 4.78 is 7.37. The van der Waals surface area contributed by atoms with Crippen molar-refractivity contribution < 1.29 is 9.47 Å². The molecule has 0 radical (unpaired) electrons. The number of halogens is 1. The van der Waals surface area contributed by atoms with Crippen LogP contribution in [0.25, 0.3) is 10.9 Å². The number of fused-ring (bicyclic) bond motifs is 1. The standard InChI is InChI=1S/C15H16BrNO2/c1-10-6-14(16)13-8-12(9-17(18)15(13)7-10)11-2-4-19-5-3-11/h6-9,11H,2-5H2,1H3. The van der Waals surface area contributed by atoms with E-state index in [9.17, 15) is 5.21 Å². The van der Waals surface area contributed by atoms with Crippen molar-refractivity contribution in [3.8, 4) is 0 Å². The summed E-state index contributed by atoms with van der Waals surface area (Å²) in [4.78, 5) is 0. The molecule has 1 aliphatic rings. The molecule has 0 spiro atoms. The largest absolute Gasteiger partial charge is 0.618 e. The first-order valence-electron chi connectivity index (χ1n) is 6.56. The van der Waals surface area contributed by atoms with Gasteiger partial charge in [-0.15, -0.1) is 0 Å². The molecule has 0 unspecified atom stereocenters. The molecule has 3 rings (SSSR count). The van der Waals surface area contributed by atoms with Crippen LogP contribution in [-0.4, -0.2) is 13.2 Å². The molecule has 0 N–H and O–H groups in total. The second-order valence-electron chi connectivity index (χ2n) is 5.17. The van der Waals surface area contributed by atoms with Crippen LogP contribution in [0.4, 0.5) is 0 Å². The highest BCUT2D eigenvalue weighted by molar-refractivity contribution is 9.10. The van der Waals surface area contributed by atoms with Crippen molar-refractivity contribution >= 4 is 26.8 Å². The first kappa shape index (κ1) is 12.9. The van der Waals surface area contributed by atoms with Crippen molar-refractivity contribution in [1.82, 2.24) is 0 Å². The molecule has 0 amide bonds. The van der Waals surface area contributed by atoms with Crippen molar-refractivity contribution in [3.63, 3.8) is 0 Å². The van der Waals surface area contributed by atoms with Gasteiger partial charge in [-0.05, 0) is 59.3 Å². The van der Waals surface area contributed by atoms with E-state index in [2.05, 4.69) is 28.1 Å². The maximum Gasteiger partial charge on any atom is 0.225 e. The number of hydrogen-bond donors (Lipinski definition) is 0. The fourth-order valence-electron chi connectivity index (χ4n) is 2.72. The van der Waals surface area contributed by atoms with Crippen LogP contribution in [0, 0.1) is 12.1 Å². The van der Waals surface area contributed by atoms with Gasteiger partial charge in [-0.1, -0.05) is 0 Å². The summed E-state index contributed by atoms with van der Waals surface area (Å²) in [6, 6.07) is 6.13. The monoisotopic (exact) mass is 321 g/mol. The quantitative estimate of drug-likeness (QED) is 0.596. The van der Waals surface area contributed by atoms with Gasteiger partial charge in [0.25, 0.3) is 0 Å². The summed E-state index contributed by atoms with van der Waals surface area (Å²) in [5.74, 6) is 0.437. The second kappa shape index (κ2) is 5.10. The van der Waals surface area contributed by atoms with Crippen LogP contribution in [0.5, 0.6) is 0 Å². The number of nitrogens with zero attached hydrogens (tertiary/aromatic N) is 1. The highest BCUT2D eigenvalue weighted by Crippen LogP contribution is 2.30. The SMILES string of the molecule is Cc1cc(Br)c2cc(C3CCOCC3)c[n+]([O-])c2c1. The molecule has 19 heavy (non-hydrogen) atoms. The Morgan fingerprint density at radius 1 is 1.26 bits per heavy atom. The predicted molar refractivity (Wildman–Crippen MR) is 78.1 cm³/mol. The Labute approximate surface area is 120 Å². The highest BCUT2D eigenvalue weighted by atomic mass is 79.9. The summed E-state index contributed by atoms with van der Waals surface area (Å²) in [5.41, 5.74) is 2.93. The minimum absolute atomic E-state index is 0.437. The Morgan fingerprint density at radius 2 is 2.00 bits per heavy atom. The maximum absolute atomic E-state index is 12.2. The zero-order valence-electron chi connectivity index (χ0n) is 10.9. The van der Waals surface area contributed by atoms with E-state index in [-0.39, 0.29) is 0 Å². The zero-order valence-corrected chi connectivity index (χ0v) is 12.4. The minimum atomic E-state index is 0.437. The van der Waals surface area contributed by atoms with E-state index in [4.69, 9.17) is 4.74 Å². The molecule has 1 aromatic carbocycles. The molecule has 1 fully saturated rings. The van der Waals surface area contributed by atoms with Gasteiger partial charge in [0.05, 0.1) is 5.39 Å². The van der Waals surface area contributed by atoms with Crippen LogP contribution in [0.1, 0.15) is 29.9 Å². The number of aromatic nitrogens is 1. The fraction of sp³-hybridized carbons (Fsp3) is 0.400. The summed E-state index contributed by atoms with van der Waals surface area (Å²) >= 11 is 3.56. The molecule has 1 aromatic heterocycles. The Kier molecular flexibility index (Phi) is 3.46. The predicted octanol–water partition coefficient (Wildman–Crippen LogP) is 3.44. The highest BCUT2D eigenvalue weighted by Gasteiger charge is 2.20. The topological polar surface area (TPSA) is 36.2 Å². The molecule has 2 aromatic rings. The molecule has 1 saturated heterocycles. The molecule has 1 aliphatic heterocycles. The third-order valence-electron chi connectivity index (χ3n) is 3.76. The Balaban J connectivity index is 2.13. The lowest BCUT2D eigenvalue weighted by Gasteiger charge is -2.22. The van der Waals surface area contributed by atoms with Gasteiger partial charge in [0.1, 0.15) is 0 Å². The fourth-order valence-corrected chi connectivity index (χ4v) is 3.40. The lowest BCUT2D eigenvalue weighted by atomic mass is 9.92. The number of pyridine rings is 1. The van der Waals surface area contributed by atoms with Crippen LogP contribution >= 0.6 is 15.9 Å². The van der Waals surface area contributed by atoms with Crippen LogP contribution in [-0.2, 0) is 4.74 Å². The Hall–Kier alpha value is -1.13. The zero-order chi connectivity index (χ0) is 13.4. The van der Waals surface area contributed by atoms with E-state index in [1.165, 1.54) is 0 Å². The normalized spacial score (nSPS) is 16.9. The van der Waals surface area contributed by atoms with Gasteiger partial charge in [0, 0.05) is 29.3 Å². The first-order valence-corrected chi connectivity index (χ1v) is 7.35. The van der Waals surface area contributed by atoms with Crippen molar-refractivity contribution in [1.29, 1.82) is 0 Å². The summed E-state index contributed by atoms with van der Waals surface area (Å²) in [6.07, 6.45) is 3.72. The molecule has 2 heterocycles. The third-order valence-corrected chi connectivity index (χ3v) is 4.42. The average Bonchev–Trinajstić information content (AvgIpc) is 2.41. The van der Waals surface area contributed by atoms with Crippen molar-refractivity contribution in [2.24, 2.45) is 0 Å². The van der Waals surface area contributed by atoms with E-state index < -0.39 is 0 Å². The van der Waals surface area contributed by atoms with Crippen molar-refractivity contribution in [2.75, 3.05) is 13.2 Å². The van der Waals surface area contributed by atoms with E-state index >= 15 is 0 Å². The second-order valence-corrected chi connectivity index (χ2v) is 6.02. The summed E-state index contributed by atoms with van der Waals surface area (Å²) in [6.45, 7) is 3.57. The van der Waals surface area contributed by atoms with Crippen LogP contribution < -0.4 is 4.73 Å². The van der Waals surface area contributed by atoms with Gasteiger partial charge < -0.3 is 9.94 Å². The number of aryl methyl sites for hydroxylation is 1. The summed E-state index contributed by atoms with van der Waals surface area (Å²) in [5, 5.41) is 13.2. The number of rotatable bonds is 1. The van der Waals surface area contributed by atoms with Crippen LogP contribution in [0.3, 0.4) is 0 Å². The van der Waals surface area contributed by atoms with Crippen molar-refractivity contribution in [2.45, 2.75) is 25.7 Å². The molecule has 3 nitrogen and oxygen atoms in total. The Bertz CT molecular complexity index is 621. The lowest BCUT2D eigenvalue weighted by Crippen LogP contribution is -2.28. The lowest BCUT2D eigenvalue weighted by molar-refractivity contribution is -0.577. The molecule has 0 bridgehead atoms. The smallest absolute Gasteiger partial charge is 0.225 e. The third kappa shape index (κ3) is 2.47. The van der Waals surface area contributed by atoms with E-state index in [1.54, 1.807) is 6.20 Å². The average molecular weight is 322 g/mol. The molecule has 4 heteroatoms. The van der Waals surface area contributed by atoms with Gasteiger partial charge in [0.2, 0.25) is 5.52 Å². The van der Waals surface area contributed by atoms with E-state index in [1.807, 2.05) is 13.0 Å². The molecule has 100 valence electrons. The Morgan fingerprint density at radius 3 is 2.74 bits per heavy atom. The van der Waals surface area contributed by atoms with Crippen LogP contribution in [0.2, 0.25) is 0 Å². The molecular weight excluding hydrogens is 306 g/mol. The van der Waals surface area contributed by atoms with Crippen molar-refractivity contribution in [3.05, 3.63) is 45.2 Å². The van der Waals surface area contributed by atoms with E-state index in [0.29, 0.717) is 5.92 Å². The molecule has 0 atom stereocenters. The maximum atomic E-state index is 12.2. The van der Waals surface area contributed by atoms with Gasteiger partial charge in [-0.25, -0.2) is 0 Å². The van der Waals surface area contributed by atoms with Gasteiger partial charge in [-0.3, -0.25) is 0 Å². The number of benzene rings is 1. The van der Waals surface area contributed by atoms with Gasteiger partial charge >= 0.3 is 0 Å². The molecule has 0 saturated carbocycles. The number of hydrogen-bond acceptors (Lipinski definition) is 2. The minimum Gasteiger partial charge on any atom is -0.618 e. The number of ether oxygens (including phenoxy) is 1. The first-order chi connectivity index (χ1) is 9.15. The molecule has 0 aliphatic carbocycles. The van der Waals surface area contributed by atoms with Gasteiger partial charge in [-0.2, -0.15) is 4.73 Å².